The summed E-state index contributed by atoms with van der Waals surface area (Å²) >= 11 is 1.35. The Balaban J connectivity index is 2.29. The summed E-state index contributed by atoms with van der Waals surface area (Å²) in [4.78, 5) is 34.7. The molecule has 0 saturated carbocycles. The van der Waals surface area contributed by atoms with Gasteiger partial charge in [0.05, 0.1) is 11.3 Å². The number of nitrogens with zero attached hydrogens (tertiary/aromatic N) is 3. The van der Waals surface area contributed by atoms with Crippen LogP contribution in [0.2, 0.25) is 0 Å². The Morgan fingerprint density at radius 3 is 2.80 bits per heavy atom. The van der Waals surface area contributed by atoms with Crippen LogP contribution in [0.4, 0.5) is 0 Å². The van der Waals surface area contributed by atoms with E-state index < -0.39 is 0 Å². The molecule has 0 aliphatic heterocycles. The molecule has 1 atom stereocenters. The molecule has 0 saturated heterocycles. The van der Waals surface area contributed by atoms with E-state index in [1.54, 1.807) is 9.47 Å². The average Bonchev–Trinajstić information content (AvgIpc) is 2.97. The summed E-state index contributed by atoms with van der Waals surface area (Å²) in [6.45, 7) is 8.82. The van der Waals surface area contributed by atoms with Gasteiger partial charge in [-0.2, -0.15) is 0 Å². The van der Waals surface area contributed by atoms with Crippen LogP contribution >= 0.6 is 11.8 Å². The van der Waals surface area contributed by atoms with Gasteiger partial charge in [0.2, 0.25) is 5.91 Å². The van der Waals surface area contributed by atoms with Gasteiger partial charge in [-0.3, -0.25) is 14.2 Å². The smallest absolute Gasteiger partial charge is 0.278 e. The maximum absolute atomic E-state index is 12.9. The van der Waals surface area contributed by atoms with Crippen LogP contribution in [0.3, 0.4) is 0 Å². The van der Waals surface area contributed by atoms with Crippen LogP contribution in [0.25, 0.3) is 11.0 Å². The number of hydrogen-bond donors (Lipinski definition) is 1. The van der Waals surface area contributed by atoms with Crippen LogP contribution < -0.4 is 5.56 Å². The molecular weight excluding hydrogens is 336 g/mol. The van der Waals surface area contributed by atoms with Crippen molar-refractivity contribution in [3.63, 3.8) is 0 Å². The predicted molar refractivity (Wildman–Crippen MR) is 103 cm³/mol. The third-order valence-electron chi connectivity index (χ3n) is 4.42. The molecule has 2 rings (SSSR count). The second-order valence-corrected chi connectivity index (χ2v) is 7.44. The zero-order valence-electron chi connectivity index (χ0n) is 15.8. The van der Waals surface area contributed by atoms with Gasteiger partial charge in [0.25, 0.3) is 5.56 Å². The van der Waals surface area contributed by atoms with Gasteiger partial charge in [0.15, 0.2) is 5.16 Å². The Morgan fingerprint density at radius 2 is 2.16 bits per heavy atom. The molecule has 1 unspecified atom stereocenters. The van der Waals surface area contributed by atoms with Gasteiger partial charge in [-0.15, -0.1) is 0 Å². The maximum atomic E-state index is 12.9. The van der Waals surface area contributed by atoms with E-state index in [-0.39, 0.29) is 23.3 Å². The van der Waals surface area contributed by atoms with Crippen molar-refractivity contribution in [2.45, 2.75) is 58.2 Å². The van der Waals surface area contributed by atoms with E-state index in [1.165, 1.54) is 11.8 Å². The highest BCUT2D eigenvalue weighted by Crippen LogP contribution is 2.23. The van der Waals surface area contributed by atoms with Crippen molar-refractivity contribution in [2.75, 3.05) is 19.3 Å². The Morgan fingerprint density at radius 1 is 1.44 bits per heavy atom. The Kier molecular flexibility index (Phi) is 6.70. The van der Waals surface area contributed by atoms with Crippen molar-refractivity contribution in [1.82, 2.24) is 19.4 Å². The van der Waals surface area contributed by atoms with Gasteiger partial charge in [-0.25, -0.2) is 4.98 Å². The molecule has 2 aromatic heterocycles. The van der Waals surface area contributed by atoms with E-state index in [4.69, 9.17) is 0 Å². The number of aromatic nitrogens is 3. The van der Waals surface area contributed by atoms with E-state index in [0.29, 0.717) is 16.2 Å². The second kappa shape index (κ2) is 8.56. The molecule has 6 nitrogen and oxygen atoms in total. The maximum Gasteiger partial charge on any atom is 0.278 e. The van der Waals surface area contributed by atoms with Gasteiger partial charge in [-0.05, 0) is 32.8 Å². The highest BCUT2D eigenvalue weighted by molar-refractivity contribution is 7.99. The zero-order valence-corrected chi connectivity index (χ0v) is 16.6. The van der Waals surface area contributed by atoms with Crippen molar-refractivity contribution >= 4 is 28.7 Å². The number of H-pyrrole nitrogens is 1. The third-order valence-corrected chi connectivity index (χ3v) is 5.35. The van der Waals surface area contributed by atoms with Gasteiger partial charge < -0.3 is 9.88 Å². The number of hydrogen-bond acceptors (Lipinski definition) is 4. The zero-order chi connectivity index (χ0) is 18.6. The summed E-state index contributed by atoms with van der Waals surface area (Å²) in [6, 6.07) is 1.90. The highest BCUT2D eigenvalue weighted by atomic mass is 32.2. The quantitative estimate of drug-likeness (QED) is 0.576. The SMILES string of the molecule is CCCCN(C)C(=O)CSc1nc2cc(C)[nH]c2c(=O)n1C(C)CC. The summed E-state index contributed by atoms with van der Waals surface area (Å²) in [5, 5.41) is 0.614. The fraction of sp³-hybridized carbons (Fsp3) is 0.611. The monoisotopic (exact) mass is 364 g/mol. The minimum absolute atomic E-state index is 0.0310. The predicted octanol–water partition coefficient (Wildman–Crippen LogP) is 3.35. The number of aryl methyl sites for hydroxylation is 1. The van der Waals surface area contributed by atoms with Crippen molar-refractivity contribution in [2.24, 2.45) is 0 Å². The summed E-state index contributed by atoms with van der Waals surface area (Å²) in [6.07, 6.45) is 2.88. The van der Waals surface area contributed by atoms with Gasteiger partial charge >= 0.3 is 0 Å². The Hall–Kier alpha value is -1.76. The molecule has 0 spiro atoms. The largest absolute Gasteiger partial charge is 0.353 e. The first-order valence-corrected chi connectivity index (χ1v) is 9.86. The lowest BCUT2D eigenvalue weighted by Gasteiger charge is -2.19. The molecule has 7 heteroatoms. The third kappa shape index (κ3) is 4.45. The minimum Gasteiger partial charge on any atom is -0.353 e. The molecule has 0 radical (unpaired) electrons. The average molecular weight is 365 g/mol. The summed E-state index contributed by atoms with van der Waals surface area (Å²) in [7, 11) is 1.83. The molecule has 25 heavy (non-hydrogen) atoms. The first kappa shape index (κ1) is 19.6. The molecule has 2 aromatic rings. The van der Waals surface area contributed by atoms with E-state index >= 15 is 0 Å². The number of aromatic amines is 1. The molecule has 1 N–H and O–H groups in total. The van der Waals surface area contributed by atoms with Gasteiger partial charge in [0.1, 0.15) is 5.52 Å². The molecule has 0 aromatic carbocycles. The van der Waals surface area contributed by atoms with Crippen LogP contribution in [-0.2, 0) is 4.79 Å². The van der Waals surface area contributed by atoms with Gasteiger partial charge in [-0.1, -0.05) is 32.0 Å². The number of rotatable bonds is 8. The van der Waals surface area contributed by atoms with Crippen LogP contribution in [-0.4, -0.2) is 44.7 Å². The van der Waals surface area contributed by atoms with Crippen LogP contribution in [0.15, 0.2) is 16.0 Å². The molecule has 138 valence electrons. The number of unbranched alkanes of at least 4 members (excludes halogenated alkanes) is 1. The molecule has 0 aliphatic carbocycles. The van der Waals surface area contributed by atoms with Crippen LogP contribution in [0.1, 0.15) is 51.8 Å². The standard InChI is InChI=1S/C18H28N4O2S/c1-6-8-9-21(5)15(23)11-25-18-20-14-10-12(3)19-16(14)17(24)22(18)13(4)7-2/h10,13,19H,6-9,11H2,1-5H3. The Bertz CT molecular complexity index is 796. The lowest BCUT2D eigenvalue weighted by Crippen LogP contribution is -2.30. The van der Waals surface area contributed by atoms with Crippen LogP contribution in [0.5, 0.6) is 0 Å². The lowest BCUT2D eigenvalue weighted by molar-refractivity contribution is -0.127. The summed E-state index contributed by atoms with van der Waals surface area (Å²) in [5.41, 5.74) is 2.04. The van der Waals surface area contributed by atoms with Crippen molar-refractivity contribution in [1.29, 1.82) is 0 Å². The molecule has 1 amide bonds. The number of thioether (sulfide) groups is 1. The highest BCUT2D eigenvalue weighted by Gasteiger charge is 2.18. The number of nitrogens with one attached hydrogen (secondary N) is 1. The molecule has 0 fully saturated rings. The molecule has 0 aliphatic rings. The number of carbonyl (C=O) groups is 1. The Labute approximate surface area is 153 Å². The van der Waals surface area contributed by atoms with Crippen molar-refractivity contribution in [3.05, 3.63) is 22.1 Å². The van der Waals surface area contributed by atoms with E-state index in [9.17, 15) is 9.59 Å². The van der Waals surface area contributed by atoms with E-state index in [2.05, 4.69) is 16.9 Å². The minimum atomic E-state index is -0.0678. The summed E-state index contributed by atoms with van der Waals surface area (Å²) < 4.78 is 1.71. The van der Waals surface area contributed by atoms with Crippen molar-refractivity contribution < 1.29 is 4.79 Å². The topological polar surface area (TPSA) is 71.0 Å². The molecule has 0 bridgehead atoms. The number of fused-ring (bicyclic) bond motifs is 1. The normalized spacial score (nSPS) is 12.5. The van der Waals surface area contributed by atoms with Crippen molar-refractivity contribution in [3.8, 4) is 0 Å². The second-order valence-electron chi connectivity index (χ2n) is 6.50. The van der Waals surface area contributed by atoms with Crippen LogP contribution in [0, 0.1) is 6.92 Å². The van der Waals surface area contributed by atoms with E-state index in [0.717, 1.165) is 31.5 Å². The fourth-order valence-electron chi connectivity index (χ4n) is 2.62. The lowest BCUT2D eigenvalue weighted by atomic mass is 10.2. The first-order valence-electron chi connectivity index (χ1n) is 8.87. The molecule has 2 heterocycles. The first-order chi connectivity index (χ1) is 11.9. The number of amides is 1. The van der Waals surface area contributed by atoms with E-state index in [1.807, 2.05) is 33.9 Å². The summed E-state index contributed by atoms with van der Waals surface area (Å²) in [5.74, 6) is 0.353. The number of carbonyl (C=O) groups excluding carboxylic acids is 1. The fourth-order valence-corrected chi connectivity index (χ4v) is 3.66. The van der Waals surface area contributed by atoms with Gasteiger partial charge in [0, 0.05) is 25.3 Å². The molecular formula is C18H28N4O2S.